The first-order valence-electron chi connectivity index (χ1n) is 3.57. The Kier molecular flexibility index (Phi) is 33.3. The molecule has 11 heteroatoms. The van der Waals surface area contributed by atoms with Crippen molar-refractivity contribution in [3.8, 4) is 0 Å². The quantitative estimate of drug-likeness (QED) is 0.219. The van der Waals surface area contributed by atoms with Crippen molar-refractivity contribution >= 4 is 10.1 Å². The van der Waals surface area contributed by atoms with Gasteiger partial charge in [-0.15, -0.1) is 0 Å². The number of alkyl halides is 3. The molecule has 0 aromatic rings. The third-order valence-electron chi connectivity index (χ3n) is 0.848. The van der Waals surface area contributed by atoms with Crippen LogP contribution in [0.25, 0.3) is 0 Å². The monoisotopic (exact) mass is 397 g/mol. The van der Waals surface area contributed by atoms with E-state index in [1.54, 1.807) is 0 Å². The molecule has 1 rings (SSSR count). The maximum absolute atomic E-state index is 10.7. The maximum atomic E-state index is 10.7. The van der Waals surface area contributed by atoms with Crippen molar-refractivity contribution in [2.75, 3.05) is 0 Å². The van der Waals surface area contributed by atoms with E-state index in [-0.39, 0.29) is 21.1 Å². The summed E-state index contributed by atoms with van der Waals surface area (Å²) in [5.74, 6) is 0. The van der Waals surface area contributed by atoms with Gasteiger partial charge in [-0.25, -0.2) is 0 Å². The molecule has 6 nitrogen and oxygen atoms in total. The third-order valence-corrected chi connectivity index (χ3v) is 1.43. The van der Waals surface area contributed by atoms with Gasteiger partial charge in [-0.3, -0.25) is 4.55 Å². The zero-order chi connectivity index (χ0) is 16.5. The molecule has 1 fully saturated rings. The second kappa shape index (κ2) is 20.9. The van der Waals surface area contributed by atoms with Crippen LogP contribution in [0, 0.1) is 52.1 Å². The molecule has 0 spiro atoms. The van der Waals surface area contributed by atoms with Gasteiger partial charge < -0.3 is 0 Å². The van der Waals surface area contributed by atoms with E-state index >= 15 is 0 Å². The summed E-state index contributed by atoms with van der Waals surface area (Å²) < 4.78 is 80.0. The third kappa shape index (κ3) is 26.2. The van der Waals surface area contributed by atoms with Crippen LogP contribution in [0.2, 0.25) is 0 Å². The Morgan fingerprint density at radius 3 is 0.950 bits per heavy atom. The molecule has 1 aliphatic rings. The van der Waals surface area contributed by atoms with Gasteiger partial charge in [0.05, 0.1) is 0 Å². The molecular formula is C9H6F3MoO6S. The predicted octanol–water partition coefficient (Wildman–Crippen LogP) is 1.30. The zero-order valence-corrected chi connectivity index (χ0v) is 12.1. The standard InChI is InChI=1S/C5H5.CHF3O3S.3CO.Mo/c1-2-4-5-3-1;2-1(3,4)8(5,6)7;3*1-2;/h1-5H;(H,5,6,7);;;;. The Hall–Kier alpha value is -0.392. The van der Waals surface area contributed by atoms with E-state index in [0.717, 1.165) is 0 Å². The average Bonchev–Trinajstić information content (AvgIpc) is 2.93. The van der Waals surface area contributed by atoms with Gasteiger partial charge in [0.25, 0.3) is 0 Å². The molecule has 111 valence electrons. The van der Waals surface area contributed by atoms with E-state index in [4.69, 9.17) is 26.9 Å². The molecule has 0 unspecified atom stereocenters. The van der Waals surface area contributed by atoms with Crippen molar-refractivity contribution in [2.45, 2.75) is 5.51 Å². The van der Waals surface area contributed by atoms with Gasteiger partial charge in [0, 0.05) is 21.1 Å². The first-order valence-corrected chi connectivity index (χ1v) is 5.01. The molecule has 5 radical (unpaired) electrons. The van der Waals surface area contributed by atoms with Crippen molar-refractivity contribution in [2.24, 2.45) is 0 Å². The van der Waals surface area contributed by atoms with Crippen molar-refractivity contribution in [1.29, 1.82) is 0 Å². The molecule has 0 aliphatic heterocycles. The summed E-state index contributed by atoms with van der Waals surface area (Å²) in [5.41, 5.74) is -5.53. The summed E-state index contributed by atoms with van der Waals surface area (Å²) in [7, 11) is -5.84. The summed E-state index contributed by atoms with van der Waals surface area (Å²) in [6.07, 6.45) is 10.0. The Balaban J connectivity index is -0.0000000542. The molecule has 0 aromatic carbocycles. The number of halogens is 3. The molecule has 0 amide bonds. The van der Waals surface area contributed by atoms with Gasteiger partial charge in [-0.05, 0) is 32.1 Å². The summed E-state index contributed by atoms with van der Waals surface area (Å²) >= 11 is 0. The van der Waals surface area contributed by atoms with E-state index in [0.29, 0.717) is 0 Å². The smallest absolute Gasteiger partial charge is 0 e. The molecule has 0 atom stereocenters. The number of rotatable bonds is 0. The fraction of sp³-hybridized carbons (Fsp3) is 0.111. The van der Waals surface area contributed by atoms with Gasteiger partial charge in [-0.1, -0.05) is 0 Å². The summed E-state index contributed by atoms with van der Waals surface area (Å²) in [6, 6.07) is 0. The molecular weight excluding hydrogens is 389 g/mol. The van der Waals surface area contributed by atoms with E-state index < -0.39 is 15.6 Å². The second-order valence-corrected chi connectivity index (χ2v) is 3.30. The van der Waals surface area contributed by atoms with E-state index in [1.165, 1.54) is 0 Å². The summed E-state index contributed by atoms with van der Waals surface area (Å²) in [4.78, 5) is 0. The molecule has 0 heterocycles. The van der Waals surface area contributed by atoms with Crippen LogP contribution in [0.3, 0.4) is 0 Å². The van der Waals surface area contributed by atoms with E-state index in [9.17, 15) is 13.2 Å². The number of hydrogen-bond acceptors (Lipinski definition) is 2. The fourth-order valence-corrected chi connectivity index (χ4v) is 0.321. The van der Waals surface area contributed by atoms with Gasteiger partial charge in [0.15, 0.2) is 0 Å². The second-order valence-electron chi connectivity index (χ2n) is 1.88. The topological polar surface area (TPSA) is 114 Å². The van der Waals surface area contributed by atoms with Crippen LogP contribution in [0.4, 0.5) is 13.2 Å². The van der Waals surface area contributed by atoms with Crippen molar-refractivity contribution in [1.82, 2.24) is 0 Å². The first kappa shape index (κ1) is 31.8. The fourth-order valence-electron chi connectivity index (χ4n) is 0.321. The minimum absolute atomic E-state index is 0. The Morgan fingerprint density at radius 2 is 0.900 bits per heavy atom. The van der Waals surface area contributed by atoms with Gasteiger partial charge >= 0.3 is 49.5 Å². The van der Waals surface area contributed by atoms with Crippen LogP contribution in [-0.2, 0) is 45.1 Å². The molecule has 1 aliphatic carbocycles. The Labute approximate surface area is 129 Å². The van der Waals surface area contributed by atoms with Crippen LogP contribution >= 0.6 is 0 Å². The van der Waals surface area contributed by atoms with E-state index in [2.05, 4.69) is 20.0 Å². The van der Waals surface area contributed by atoms with Crippen molar-refractivity contribution in [3.05, 3.63) is 52.1 Å². The van der Waals surface area contributed by atoms with Crippen molar-refractivity contribution in [3.63, 3.8) is 0 Å². The molecule has 20 heavy (non-hydrogen) atoms. The largest absolute Gasteiger partial charge is 0.0312 e. The van der Waals surface area contributed by atoms with E-state index in [1.807, 2.05) is 32.1 Å². The van der Waals surface area contributed by atoms with Crippen LogP contribution in [-0.4, -0.2) is 18.5 Å². The van der Waals surface area contributed by atoms with Crippen LogP contribution in [0.1, 0.15) is 0 Å². The molecule has 0 bridgehead atoms. The predicted molar refractivity (Wildman–Crippen MR) is 50.9 cm³/mol. The summed E-state index contributed by atoms with van der Waals surface area (Å²) in [5, 5.41) is 0. The minimum Gasteiger partial charge on any atom is -0.0312 e. The average molecular weight is 395 g/mol. The first-order chi connectivity index (χ1) is 8.75. The Morgan fingerprint density at radius 1 is 0.800 bits per heavy atom. The van der Waals surface area contributed by atoms with Crippen LogP contribution in [0.5, 0.6) is 0 Å². The van der Waals surface area contributed by atoms with Crippen molar-refractivity contribution < 1.29 is 61.2 Å². The molecule has 1 N–H and O–H groups in total. The zero-order valence-electron chi connectivity index (χ0n) is 9.33. The van der Waals surface area contributed by atoms with Gasteiger partial charge in [0.2, 0.25) is 0 Å². The maximum Gasteiger partial charge on any atom is 0 e. The normalized spacial score (nSPS) is 11.9. The molecule has 0 aromatic heterocycles. The van der Waals surface area contributed by atoms with Crippen LogP contribution < -0.4 is 0 Å². The summed E-state index contributed by atoms with van der Waals surface area (Å²) in [6.45, 7) is 13.5. The van der Waals surface area contributed by atoms with Gasteiger partial charge in [-0.2, -0.15) is 21.6 Å². The number of hydrogen-bond donors (Lipinski definition) is 1. The molecule has 0 saturated heterocycles. The van der Waals surface area contributed by atoms with Gasteiger partial charge in [0.1, 0.15) is 0 Å². The van der Waals surface area contributed by atoms with Crippen LogP contribution in [0.15, 0.2) is 0 Å². The SMILES string of the molecule is O=S(=O)(O)C(F)(F)F.[C-]#[O+].[C-]#[O+].[C-]#[O+].[CH]1[CH][CH][CH][CH]1.[Mo]. The molecule has 1 saturated carbocycles. The Bertz CT molecular complexity index is 321. The minimum atomic E-state index is -5.84.